The molecule has 0 N–H and O–H groups in total. The first-order valence-electron chi connectivity index (χ1n) is 3.36. The van der Waals surface area contributed by atoms with E-state index in [0.29, 0.717) is 0 Å². The summed E-state index contributed by atoms with van der Waals surface area (Å²) in [6.07, 6.45) is 4.75. The van der Waals surface area contributed by atoms with Crippen molar-refractivity contribution in [1.82, 2.24) is 0 Å². The van der Waals surface area contributed by atoms with Gasteiger partial charge in [0.15, 0.2) is 0 Å². The monoisotopic (exact) mass is 281 g/mol. The Morgan fingerprint density at radius 3 is 2.67 bits per heavy atom. The van der Waals surface area contributed by atoms with Crippen LogP contribution in [-0.2, 0) is 46.0 Å². The van der Waals surface area contributed by atoms with Gasteiger partial charge in [0, 0.05) is 39.6 Å². The number of ether oxygens (including phenoxy) is 1. The molecule has 0 spiro atoms. The maximum Gasteiger partial charge on any atom is 0.130 e. The van der Waals surface area contributed by atoms with Gasteiger partial charge in [-0.3, -0.25) is 0 Å². The molecule has 0 aliphatic carbocycles. The van der Waals surface area contributed by atoms with Gasteiger partial charge < -0.3 is 4.74 Å². The van der Waals surface area contributed by atoms with E-state index in [1.165, 1.54) is 5.56 Å². The normalized spacial score (nSPS) is 11.7. The fraction of sp³-hybridized carbons (Fsp3) is 0.111. The average molecular weight is 279 g/mol. The van der Waals surface area contributed by atoms with Crippen LogP contribution < -0.4 is 4.74 Å². The summed E-state index contributed by atoms with van der Waals surface area (Å²) < 4.78 is 5.24. The molecule has 12 heavy (non-hydrogen) atoms. The summed E-state index contributed by atoms with van der Waals surface area (Å²) in [6.45, 7) is 0. The second-order valence-corrected chi connectivity index (χ2v) is 2.30. The summed E-state index contributed by atoms with van der Waals surface area (Å²) in [5.41, 5.74) is 1.27. The Balaban J connectivity index is 0.000000605. The summed E-state index contributed by atoms with van der Waals surface area (Å²) in [5, 5.41) is 0. The molecule has 0 bridgehead atoms. The van der Waals surface area contributed by atoms with Gasteiger partial charge in [-0.1, -0.05) is 18.2 Å². The molecule has 1 heterocycles. The van der Waals surface area contributed by atoms with E-state index in [-0.39, 0.29) is 39.6 Å². The molecule has 0 amide bonds. The Hall–Kier alpha value is 0.0327. The molecule has 1 radical (unpaired) electrons. The van der Waals surface area contributed by atoms with Crippen LogP contribution in [0.25, 0.3) is 0 Å². The molecule has 0 aromatic heterocycles. The van der Waals surface area contributed by atoms with Crippen LogP contribution in [0.1, 0.15) is 5.56 Å². The number of hydrogen-bond donors (Lipinski definition) is 0. The summed E-state index contributed by atoms with van der Waals surface area (Å²) in [5.74, 6) is 0.991. The van der Waals surface area contributed by atoms with Crippen LogP contribution in [0.2, 0.25) is 0 Å². The number of hydrogen-bond acceptors (Lipinski definition) is 1. The minimum absolute atomic E-state index is 0. The maximum atomic E-state index is 5.24. The maximum absolute atomic E-state index is 5.24. The molecule has 1 aliphatic heterocycles. The van der Waals surface area contributed by atoms with Crippen molar-refractivity contribution in [3.63, 3.8) is 0 Å². The van der Waals surface area contributed by atoms with Gasteiger partial charge in [0.25, 0.3) is 0 Å². The van der Waals surface area contributed by atoms with Gasteiger partial charge in [-0.15, -0.1) is 0 Å². The predicted molar refractivity (Wildman–Crippen MR) is 39.9 cm³/mol. The Bertz CT molecular complexity index is 246. The van der Waals surface area contributed by atoms with Gasteiger partial charge in [0.1, 0.15) is 5.75 Å². The van der Waals surface area contributed by atoms with E-state index in [2.05, 4.69) is 6.07 Å². The van der Waals surface area contributed by atoms with E-state index >= 15 is 0 Å². The van der Waals surface area contributed by atoms with Crippen molar-refractivity contribution < 1.29 is 44.4 Å². The van der Waals surface area contributed by atoms with Crippen molar-refractivity contribution in [2.45, 2.75) is 6.42 Å². The minimum atomic E-state index is 0. The van der Waals surface area contributed by atoms with Crippen LogP contribution in [0.5, 0.6) is 5.75 Å². The van der Waals surface area contributed by atoms with Gasteiger partial charge in [-0.05, 0) is 24.1 Å². The van der Waals surface area contributed by atoms with E-state index in [0.717, 1.165) is 12.2 Å². The van der Waals surface area contributed by atoms with Crippen molar-refractivity contribution in [1.29, 1.82) is 0 Å². The molecular formula is C9H8MoOV. The Morgan fingerprint density at radius 2 is 1.92 bits per heavy atom. The average Bonchev–Trinajstić information content (AvgIpc) is 2.05. The molecule has 1 nitrogen and oxygen atoms in total. The van der Waals surface area contributed by atoms with Crippen LogP contribution >= 0.6 is 0 Å². The molecule has 0 unspecified atom stereocenters. The first-order chi connectivity index (χ1) is 4.97. The molecule has 61 valence electrons. The van der Waals surface area contributed by atoms with Crippen molar-refractivity contribution in [3.05, 3.63) is 42.2 Å². The predicted octanol–water partition coefficient (Wildman–Crippen LogP) is 2.13. The molecule has 3 heteroatoms. The number of rotatable bonds is 0. The van der Waals surface area contributed by atoms with Gasteiger partial charge in [-0.25, -0.2) is 0 Å². The van der Waals surface area contributed by atoms with Gasteiger partial charge in [0.05, 0.1) is 6.26 Å². The topological polar surface area (TPSA) is 9.23 Å². The number of benzene rings is 1. The summed E-state index contributed by atoms with van der Waals surface area (Å²) in [6, 6.07) is 8.08. The molecule has 0 saturated carbocycles. The smallest absolute Gasteiger partial charge is 0.130 e. The molecule has 0 saturated heterocycles. The Kier molecular flexibility index (Phi) is 5.65. The van der Waals surface area contributed by atoms with Crippen LogP contribution in [-0.4, -0.2) is 0 Å². The van der Waals surface area contributed by atoms with Crippen molar-refractivity contribution >= 4 is 0 Å². The second kappa shape index (κ2) is 5.64. The Morgan fingerprint density at radius 1 is 1.17 bits per heavy atom. The standard InChI is InChI=1S/C9H8O.Mo.V/c1-2-6-9-8(4-1)5-3-7-10-9;;/h1-4,6-7H,5H2;;. The molecule has 1 aromatic rings. The number of allylic oxidation sites excluding steroid dienone is 1. The van der Waals surface area contributed by atoms with Gasteiger partial charge in [0.2, 0.25) is 0 Å². The molecule has 1 aromatic carbocycles. The Labute approximate surface area is 98.3 Å². The zero-order valence-electron chi connectivity index (χ0n) is 6.43. The van der Waals surface area contributed by atoms with Gasteiger partial charge in [-0.2, -0.15) is 0 Å². The van der Waals surface area contributed by atoms with E-state index in [1.54, 1.807) is 6.26 Å². The largest absolute Gasteiger partial charge is 0.465 e. The van der Waals surface area contributed by atoms with E-state index < -0.39 is 0 Å². The molecule has 0 atom stereocenters. The summed E-state index contributed by atoms with van der Waals surface area (Å²) in [7, 11) is 0. The summed E-state index contributed by atoms with van der Waals surface area (Å²) >= 11 is 0. The van der Waals surface area contributed by atoms with Crippen LogP contribution in [0.3, 0.4) is 0 Å². The third-order valence-corrected chi connectivity index (χ3v) is 1.60. The van der Waals surface area contributed by atoms with Gasteiger partial charge >= 0.3 is 0 Å². The first kappa shape index (κ1) is 12.0. The van der Waals surface area contributed by atoms with Crippen molar-refractivity contribution in [3.8, 4) is 5.75 Å². The number of fused-ring (bicyclic) bond motifs is 1. The SMILES string of the molecule is C1=COc2ccccc2C1.[Mo].[V]. The molecular weight excluding hydrogens is 271 g/mol. The quantitative estimate of drug-likeness (QED) is 0.661. The molecule has 1 aliphatic rings. The zero-order chi connectivity index (χ0) is 6.81. The van der Waals surface area contributed by atoms with Crippen LogP contribution in [0.15, 0.2) is 36.6 Å². The minimum Gasteiger partial charge on any atom is -0.465 e. The van der Waals surface area contributed by atoms with E-state index in [9.17, 15) is 0 Å². The van der Waals surface area contributed by atoms with E-state index in [1.807, 2.05) is 24.3 Å². The first-order valence-corrected chi connectivity index (χ1v) is 3.36. The van der Waals surface area contributed by atoms with Crippen molar-refractivity contribution in [2.24, 2.45) is 0 Å². The van der Waals surface area contributed by atoms with E-state index in [4.69, 9.17) is 4.74 Å². The molecule has 0 fully saturated rings. The molecule has 2 rings (SSSR count). The fourth-order valence-corrected chi connectivity index (χ4v) is 1.08. The number of para-hydroxylation sites is 1. The van der Waals surface area contributed by atoms with Crippen molar-refractivity contribution in [2.75, 3.05) is 0 Å². The second-order valence-electron chi connectivity index (χ2n) is 2.30. The third-order valence-electron chi connectivity index (χ3n) is 1.60. The van der Waals surface area contributed by atoms with Crippen LogP contribution in [0, 0.1) is 0 Å². The zero-order valence-corrected chi connectivity index (χ0v) is 9.84. The van der Waals surface area contributed by atoms with Crippen LogP contribution in [0.4, 0.5) is 0 Å². The fourth-order valence-electron chi connectivity index (χ4n) is 1.08. The third kappa shape index (κ3) is 2.52. The summed E-state index contributed by atoms with van der Waals surface area (Å²) in [4.78, 5) is 0.